The summed E-state index contributed by atoms with van der Waals surface area (Å²) in [6, 6.07) is 7.44. The first-order chi connectivity index (χ1) is 10.4. The molecule has 0 fully saturated rings. The average Bonchev–Trinajstić information content (AvgIpc) is 2.82. The molecule has 0 atom stereocenters. The topological polar surface area (TPSA) is 79.5 Å². The van der Waals surface area contributed by atoms with Crippen LogP contribution in [-0.4, -0.2) is 26.5 Å². The largest absolute Gasteiger partial charge is 0.502 e. The van der Waals surface area contributed by atoms with Crippen molar-refractivity contribution in [1.29, 1.82) is 0 Å². The van der Waals surface area contributed by atoms with E-state index in [0.29, 0.717) is 12.6 Å². The second-order valence-corrected chi connectivity index (χ2v) is 4.86. The summed E-state index contributed by atoms with van der Waals surface area (Å²) in [6.07, 6.45) is 2.39. The van der Waals surface area contributed by atoms with Gasteiger partial charge in [-0.05, 0) is 36.2 Å². The first-order valence-electron chi connectivity index (χ1n) is 6.46. The van der Waals surface area contributed by atoms with Gasteiger partial charge < -0.3 is 14.8 Å². The summed E-state index contributed by atoms with van der Waals surface area (Å²) in [5.41, 5.74) is 1.85. The monoisotopic (exact) mass is 303 g/mol. The molecule has 0 bridgehead atoms. The second kappa shape index (κ2) is 6.26. The molecule has 1 aromatic heterocycles. The number of hydrogen-bond acceptors (Lipinski definition) is 3. The summed E-state index contributed by atoms with van der Waals surface area (Å²) in [7, 11) is 0. The molecule has 0 unspecified atom stereocenters. The van der Waals surface area contributed by atoms with Gasteiger partial charge in [0.25, 0.3) is 0 Å². The fraction of sp³-hybridized carbons (Fsp3) is 0.125. The summed E-state index contributed by atoms with van der Waals surface area (Å²) < 4.78 is 14.5. The number of carbonyl (C=O) groups is 2. The highest BCUT2D eigenvalue weighted by atomic mass is 19.1. The number of halogens is 1. The highest BCUT2D eigenvalue weighted by Crippen LogP contribution is 2.14. The van der Waals surface area contributed by atoms with Crippen molar-refractivity contribution in [3.63, 3.8) is 0 Å². The number of hydrogen-bond donors (Lipinski definition) is 2. The third-order valence-corrected chi connectivity index (χ3v) is 3.04. The minimum atomic E-state index is -1.57. The molecule has 2 aromatic rings. The van der Waals surface area contributed by atoms with E-state index in [0.717, 1.165) is 11.1 Å². The number of aliphatic hydroxyl groups is 1. The summed E-state index contributed by atoms with van der Waals surface area (Å²) in [4.78, 5) is 22.6. The van der Waals surface area contributed by atoms with E-state index in [4.69, 9.17) is 10.2 Å². The molecule has 0 aliphatic carbocycles. The summed E-state index contributed by atoms with van der Waals surface area (Å²) >= 11 is 0. The van der Waals surface area contributed by atoms with Crippen molar-refractivity contribution in [2.45, 2.75) is 13.5 Å². The van der Waals surface area contributed by atoms with Crippen molar-refractivity contribution < 1.29 is 24.2 Å². The number of carboxylic acids is 1. The molecule has 6 heteroatoms. The number of benzene rings is 1. The van der Waals surface area contributed by atoms with Gasteiger partial charge in [-0.1, -0.05) is 12.1 Å². The van der Waals surface area contributed by atoms with Gasteiger partial charge in [0.05, 0.1) is 5.69 Å². The van der Waals surface area contributed by atoms with E-state index in [1.54, 1.807) is 35.9 Å². The number of rotatable bonds is 5. The lowest BCUT2D eigenvalue weighted by Gasteiger charge is -2.07. The SMILES string of the molecule is Cc1cc(C(=O)/C=C(\O)C(=O)O)n(Cc2ccc(F)cc2)c1. The van der Waals surface area contributed by atoms with Gasteiger partial charge in [-0.25, -0.2) is 9.18 Å². The molecular weight excluding hydrogens is 289 g/mol. The van der Waals surface area contributed by atoms with Gasteiger partial charge in [0.1, 0.15) is 5.82 Å². The Morgan fingerprint density at radius 2 is 1.86 bits per heavy atom. The Labute approximate surface area is 125 Å². The number of aliphatic carboxylic acids is 1. The molecular formula is C16H14FNO4. The van der Waals surface area contributed by atoms with Crippen LogP contribution in [-0.2, 0) is 11.3 Å². The Hall–Kier alpha value is -2.89. The lowest BCUT2D eigenvalue weighted by Crippen LogP contribution is -2.10. The fourth-order valence-corrected chi connectivity index (χ4v) is 2.04. The molecule has 0 radical (unpaired) electrons. The Morgan fingerprint density at radius 1 is 1.23 bits per heavy atom. The summed E-state index contributed by atoms with van der Waals surface area (Å²) in [5, 5.41) is 17.8. The van der Waals surface area contributed by atoms with Crippen molar-refractivity contribution in [2.24, 2.45) is 0 Å². The van der Waals surface area contributed by atoms with Crippen LogP contribution < -0.4 is 0 Å². The average molecular weight is 303 g/mol. The first-order valence-corrected chi connectivity index (χ1v) is 6.46. The molecule has 5 nitrogen and oxygen atoms in total. The van der Waals surface area contributed by atoms with Crippen LogP contribution in [0.5, 0.6) is 0 Å². The number of nitrogens with zero attached hydrogens (tertiary/aromatic N) is 1. The zero-order valence-corrected chi connectivity index (χ0v) is 11.8. The second-order valence-electron chi connectivity index (χ2n) is 4.86. The minimum absolute atomic E-state index is 0.245. The maximum Gasteiger partial charge on any atom is 0.371 e. The van der Waals surface area contributed by atoms with Gasteiger partial charge in [-0.15, -0.1) is 0 Å². The smallest absolute Gasteiger partial charge is 0.371 e. The van der Waals surface area contributed by atoms with Crippen LogP contribution in [0, 0.1) is 12.7 Å². The zero-order chi connectivity index (χ0) is 16.3. The molecule has 2 N–H and O–H groups in total. The third kappa shape index (κ3) is 3.60. The number of aryl methyl sites for hydroxylation is 1. The van der Waals surface area contributed by atoms with E-state index in [1.807, 2.05) is 0 Å². The van der Waals surface area contributed by atoms with Crippen LogP contribution in [0.4, 0.5) is 4.39 Å². The van der Waals surface area contributed by atoms with E-state index >= 15 is 0 Å². The number of carbonyl (C=O) groups excluding carboxylic acids is 1. The Morgan fingerprint density at radius 3 is 2.45 bits per heavy atom. The standard InChI is InChI=1S/C16H14FNO4/c1-10-6-13(14(19)7-15(20)16(21)22)18(8-10)9-11-2-4-12(17)5-3-11/h2-8,20H,9H2,1H3,(H,21,22)/b15-7-. The molecule has 0 saturated heterocycles. The Balaban J connectivity index is 2.30. The van der Waals surface area contributed by atoms with Crippen LogP contribution in [0.25, 0.3) is 0 Å². The highest BCUT2D eigenvalue weighted by Gasteiger charge is 2.14. The van der Waals surface area contributed by atoms with Crippen molar-refractivity contribution in [2.75, 3.05) is 0 Å². The van der Waals surface area contributed by atoms with Crippen LogP contribution >= 0.6 is 0 Å². The summed E-state index contributed by atoms with van der Waals surface area (Å²) in [5.74, 6) is -3.55. The Kier molecular flexibility index (Phi) is 4.41. The molecule has 2 rings (SSSR count). The van der Waals surface area contributed by atoms with Crippen molar-refractivity contribution >= 4 is 11.8 Å². The van der Waals surface area contributed by atoms with E-state index in [9.17, 15) is 14.0 Å². The molecule has 0 spiro atoms. The van der Waals surface area contributed by atoms with Crippen molar-refractivity contribution in [3.05, 3.63) is 71.0 Å². The molecule has 114 valence electrons. The zero-order valence-electron chi connectivity index (χ0n) is 11.8. The molecule has 22 heavy (non-hydrogen) atoms. The number of carboxylic acid groups (broad SMARTS) is 1. The van der Waals surface area contributed by atoms with Crippen molar-refractivity contribution in [1.82, 2.24) is 4.57 Å². The third-order valence-electron chi connectivity index (χ3n) is 3.04. The quantitative estimate of drug-likeness (QED) is 0.505. The number of aliphatic hydroxyl groups excluding tert-OH is 1. The molecule has 0 aliphatic heterocycles. The van der Waals surface area contributed by atoms with Crippen LogP contribution in [0.1, 0.15) is 21.6 Å². The molecule has 0 aliphatic rings. The number of allylic oxidation sites excluding steroid dienone is 1. The minimum Gasteiger partial charge on any atom is -0.502 e. The molecule has 1 heterocycles. The highest BCUT2D eigenvalue weighted by molar-refractivity contribution is 6.06. The molecule has 0 saturated carbocycles. The molecule has 1 aromatic carbocycles. The predicted molar refractivity (Wildman–Crippen MR) is 77.3 cm³/mol. The van der Waals surface area contributed by atoms with Crippen LogP contribution in [0.2, 0.25) is 0 Å². The van der Waals surface area contributed by atoms with Crippen molar-refractivity contribution in [3.8, 4) is 0 Å². The van der Waals surface area contributed by atoms with Gasteiger partial charge >= 0.3 is 5.97 Å². The van der Waals surface area contributed by atoms with E-state index in [2.05, 4.69) is 0 Å². The van der Waals surface area contributed by atoms with Gasteiger partial charge in [0, 0.05) is 18.8 Å². The van der Waals surface area contributed by atoms with E-state index < -0.39 is 17.5 Å². The first kappa shape index (κ1) is 15.5. The maximum absolute atomic E-state index is 12.9. The van der Waals surface area contributed by atoms with E-state index in [-0.39, 0.29) is 11.5 Å². The Bertz CT molecular complexity index is 744. The fourth-order valence-electron chi connectivity index (χ4n) is 2.04. The number of ketones is 1. The van der Waals surface area contributed by atoms with E-state index in [1.165, 1.54) is 12.1 Å². The number of aromatic nitrogens is 1. The van der Waals surface area contributed by atoms with Crippen LogP contribution in [0.15, 0.2) is 48.4 Å². The lowest BCUT2D eigenvalue weighted by atomic mass is 10.2. The van der Waals surface area contributed by atoms with Gasteiger partial charge in [-0.2, -0.15) is 0 Å². The normalized spacial score (nSPS) is 11.5. The van der Waals surface area contributed by atoms with Gasteiger partial charge in [0.15, 0.2) is 0 Å². The maximum atomic E-state index is 12.9. The van der Waals surface area contributed by atoms with Crippen LogP contribution in [0.3, 0.4) is 0 Å². The van der Waals surface area contributed by atoms with Gasteiger partial charge in [0.2, 0.25) is 11.5 Å². The summed E-state index contributed by atoms with van der Waals surface area (Å²) in [6.45, 7) is 2.12. The lowest BCUT2D eigenvalue weighted by molar-refractivity contribution is -0.135. The van der Waals surface area contributed by atoms with Gasteiger partial charge in [-0.3, -0.25) is 4.79 Å². The molecule has 0 amide bonds. The predicted octanol–water partition coefficient (Wildman–Crippen LogP) is 2.69.